The van der Waals surface area contributed by atoms with Crippen LogP contribution in [0.1, 0.15) is 37.2 Å². The first-order valence-electron chi connectivity index (χ1n) is 7.35. The maximum Gasteiger partial charge on any atom is 0.246 e. The Labute approximate surface area is 121 Å². The Hall–Kier alpha value is -1.58. The van der Waals surface area contributed by atoms with Crippen LogP contribution >= 0.6 is 0 Å². The molecule has 1 aromatic rings. The van der Waals surface area contributed by atoms with Gasteiger partial charge < -0.3 is 4.90 Å². The van der Waals surface area contributed by atoms with Gasteiger partial charge in [-0.05, 0) is 38.2 Å². The fourth-order valence-corrected chi connectivity index (χ4v) is 3.13. The zero-order chi connectivity index (χ0) is 14.9. The molecular formula is C16H25N3O. The number of amides is 1. The summed E-state index contributed by atoms with van der Waals surface area (Å²) >= 11 is 0. The first-order chi connectivity index (χ1) is 9.38. The van der Waals surface area contributed by atoms with Crippen molar-refractivity contribution in [3.8, 4) is 0 Å². The first-order valence-corrected chi connectivity index (χ1v) is 7.35. The van der Waals surface area contributed by atoms with Crippen LogP contribution in [0.4, 0.5) is 0 Å². The molecule has 0 aliphatic carbocycles. The second kappa shape index (κ2) is 5.81. The second-order valence-electron chi connectivity index (χ2n) is 6.23. The Morgan fingerprint density at radius 1 is 1.25 bits per heavy atom. The van der Waals surface area contributed by atoms with Crippen molar-refractivity contribution in [2.75, 3.05) is 13.1 Å². The van der Waals surface area contributed by atoms with Gasteiger partial charge in [-0.15, -0.1) is 0 Å². The van der Waals surface area contributed by atoms with Gasteiger partial charge in [0.25, 0.3) is 0 Å². The van der Waals surface area contributed by atoms with Gasteiger partial charge in [-0.2, -0.15) is 5.10 Å². The molecule has 0 radical (unpaired) electrons. The highest BCUT2D eigenvalue weighted by Crippen LogP contribution is 2.21. The van der Waals surface area contributed by atoms with Crippen LogP contribution in [-0.4, -0.2) is 33.7 Å². The van der Waals surface area contributed by atoms with Crippen LogP contribution < -0.4 is 0 Å². The lowest BCUT2D eigenvalue weighted by Gasteiger charge is -2.34. The van der Waals surface area contributed by atoms with Crippen LogP contribution in [0.3, 0.4) is 0 Å². The molecule has 1 saturated heterocycles. The third-order valence-corrected chi connectivity index (χ3v) is 4.14. The zero-order valence-corrected chi connectivity index (χ0v) is 13.2. The van der Waals surface area contributed by atoms with E-state index in [-0.39, 0.29) is 5.91 Å². The van der Waals surface area contributed by atoms with Crippen molar-refractivity contribution in [3.63, 3.8) is 0 Å². The minimum absolute atomic E-state index is 0.117. The minimum atomic E-state index is 0.117. The molecule has 4 nitrogen and oxygen atoms in total. The van der Waals surface area contributed by atoms with Gasteiger partial charge >= 0.3 is 0 Å². The number of piperidine rings is 1. The van der Waals surface area contributed by atoms with E-state index in [9.17, 15) is 4.79 Å². The fraction of sp³-hybridized carbons (Fsp3) is 0.625. The molecule has 0 bridgehead atoms. The number of aryl methyl sites for hydroxylation is 2. The highest BCUT2D eigenvalue weighted by Gasteiger charge is 2.24. The number of carbonyl (C=O) groups is 1. The summed E-state index contributed by atoms with van der Waals surface area (Å²) in [6.45, 7) is 10.2. The summed E-state index contributed by atoms with van der Waals surface area (Å²) in [5, 5.41) is 4.37. The summed E-state index contributed by atoms with van der Waals surface area (Å²) in [4.78, 5) is 14.3. The summed E-state index contributed by atoms with van der Waals surface area (Å²) in [7, 11) is 1.93. The Bertz CT molecular complexity index is 520. The van der Waals surface area contributed by atoms with Gasteiger partial charge in [0.1, 0.15) is 0 Å². The normalized spacial score (nSPS) is 23.6. The largest absolute Gasteiger partial charge is 0.339 e. The monoisotopic (exact) mass is 275 g/mol. The quantitative estimate of drug-likeness (QED) is 0.778. The van der Waals surface area contributed by atoms with Gasteiger partial charge in [0.15, 0.2) is 0 Å². The number of hydrogen-bond donors (Lipinski definition) is 0. The number of nitrogens with zero attached hydrogens (tertiary/aromatic N) is 3. The van der Waals surface area contributed by atoms with E-state index in [0.717, 1.165) is 30.0 Å². The number of likely N-dealkylation sites (tertiary alicyclic amines) is 1. The third-order valence-electron chi connectivity index (χ3n) is 4.14. The van der Waals surface area contributed by atoms with Crippen molar-refractivity contribution in [3.05, 3.63) is 23.0 Å². The third kappa shape index (κ3) is 3.11. The summed E-state index contributed by atoms with van der Waals surface area (Å²) in [5.41, 5.74) is 3.11. The summed E-state index contributed by atoms with van der Waals surface area (Å²) in [6.07, 6.45) is 4.82. The van der Waals surface area contributed by atoms with Crippen LogP contribution in [0.25, 0.3) is 6.08 Å². The summed E-state index contributed by atoms with van der Waals surface area (Å²) in [6, 6.07) is 0. The maximum atomic E-state index is 12.3. The van der Waals surface area contributed by atoms with Crippen molar-refractivity contribution in [1.82, 2.24) is 14.7 Å². The van der Waals surface area contributed by atoms with E-state index in [1.54, 1.807) is 6.08 Å². The summed E-state index contributed by atoms with van der Waals surface area (Å²) in [5.74, 6) is 1.31. The van der Waals surface area contributed by atoms with E-state index >= 15 is 0 Å². The molecule has 0 N–H and O–H groups in total. The minimum Gasteiger partial charge on any atom is -0.339 e. The van der Waals surface area contributed by atoms with E-state index in [1.807, 2.05) is 36.6 Å². The Morgan fingerprint density at radius 2 is 1.85 bits per heavy atom. The van der Waals surface area contributed by atoms with Crippen molar-refractivity contribution in [1.29, 1.82) is 0 Å². The molecule has 1 fully saturated rings. The predicted octanol–water partition coefficient (Wildman–Crippen LogP) is 2.55. The molecule has 2 rings (SSSR count). The van der Waals surface area contributed by atoms with E-state index in [4.69, 9.17) is 0 Å². The SMILES string of the molecule is Cc1nn(C)c(C)c1C=CC(=O)N1CC(C)CC(C)C1. The predicted molar refractivity (Wildman–Crippen MR) is 81.2 cm³/mol. The van der Waals surface area contributed by atoms with Crippen LogP contribution in [-0.2, 0) is 11.8 Å². The molecule has 20 heavy (non-hydrogen) atoms. The van der Waals surface area contributed by atoms with Crippen molar-refractivity contribution in [2.24, 2.45) is 18.9 Å². The van der Waals surface area contributed by atoms with E-state index < -0.39 is 0 Å². The van der Waals surface area contributed by atoms with E-state index in [1.165, 1.54) is 6.42 Å². The zero-order valence-electron chi connectivity index (χ0n) is 13.2. The number of aromatic nitrogens is 2. The Balaban J connectivity index is 2.09. The lowest BCUT2D eigenvalue weighted by atomic mass is 9.92. The molecule has 2 heterocycles. The average molecular weight is 275 g/mol. The topological polar surface area (TPSA) is 38.1 Å². The first kappa shape index (κ1) is 14.8. The highest BCUT2D eigenvalue weighted by atomic mass is 16.2. The fourth-order valence-electron chi connectivity index (χ4n) is 3.13. The molecule has 110 valence electrons. The number of carbonyl (C=O) groups excluding carboxylic acids is 1. The maximum absolute atomic E-state index is 12.3. The van der Waals surface area contributed by atoms with Crippen LogP contribution in [0.2, 0.25) is 0 Å². The molecule has 2 atom stereocenters. The van der Waals surface area contributed by atoms with Crippen LogP contribution in [0, 0.1) is 25.7 Å². The highest BCUT2D eigenvalue weighted by molar-refractivity contribution is 5.92. The molecule has 1 aliphatic heterocycles. The molecule has 0 spiro atoms. The van der Waals surface area contributed by atoms with Gasteiger partial charge in [0, 0.05) is 37.5 Å². The second-order valence-corrected chi connectivity index (χ2v) is 6.23. The van der Waals surface area contributed by atoms with Crippen LogP contribution in [0.5, 0.6) is 0 Å². The molecule has 1 aromatic heterocycles. The molecular weight excluding hydrogens is 250 g/mol. The standard InChI is InChI=1S/C16H25N3O/c1-11-8-12(2)10-19(9-11)16(20)7-6-15-13(3)17-18(5)14(15)4/h6-7,11-12H,8-10H2,1-5H3. The summed E-state index contributed by atoms with van der Waals surface area (Å²) < 4.78 is 1.85. The van der Waals surface area contributed by atoms with Crippen molar-refractivity contribution >= 4 is 12.0 Å². The molecule has 2 unspecified atom stereocenters. The van der Waals surface area contributed by atoms with Gasteiger partial charge in [-0.25, -0.2) is 0 Å². The van der Waals surface area contributed by atoms with Crippen molar-refractivity contribution < 1.29 is 4.79 Å². The number of rotatable bonds is 2. The smallest absolute Gasteiger partial charge is 0.246 e. The van der Waals surface area contributed by atoms with Crippen LogP contribution in [0.15, 0.2) is 6.08 Å². The molecule has 1 aliphatic rings. The average Bonchev–Trinajstić information content (AvgIpc) is 2.60. The molecule has 0 aromatic carbocycles. The molecule has 4 heteroatoms. The molecule has 0 saturated carbocycles. The van der Waals surface area contributed by atoms with Crippen molar-refractivity contribution in [2.45, 2.75) is 34.1 Å². The van der Waals surface area contributed by atoms with Gasteiger partial charge in [-0.1, -0.05) is 13.8 Å². The van der Waals surface area contributed by atoms with E-state index in [2.05, 4.69) is 18.9 Å². The van der Waals surface area contributed by atoms with Gasteiger partial charge in [0.2, 0.25) is 5.91 Å². The number of hydrogen-bond acceptors (Lipinski definition) is 2. The van der Waals surface area contributed by atoms with Gasteiger partial charge in [-0.3, -0.25) is 9.48 Å². The molecule has 1 amide bonds. The Morgan fingerprint density at radius 3 is 2.35 bits per heavy atom. The van der Waals surface area contributed by atoms with Gasteiger partial charge in [0.05, 0.1) is 5.69 Å². The lowest BCUT2D eigenvalue weighted by Crippen LogP contribution is -2.41. The Kier molecular flexibility index (Phi) is 4.31. The van der Waals surface area contributed by atoms with E-state index in [0.29, 0.717) is 11.8 Å². The lowest BCUT2D eigenvalue weighted by molar-refractivity contribution is -0.128.